The molecular weight excluding hydrogens is 392 g/mol. The zero-order valence-electron chi connectivity index (χ0n) is 17.6. The van der Waals surface area contributed by atoms with Crippen molar-refractivity contribution in [2.45, 2.75) is 26.2 Å². The molecule has 0 atom stereocenters. The molecule has 0 radical (unpaired) electrons. The lowest BCUT2D eigenvalue weighted by Crippen LogP contribution is -2.26. The maximum atomic E-state index is 12.9. The Hall–Kier alpha value is -3.73. The van der Waals surface area contributed by atoms with Crippen LogP contribution >= 0.6 is 0 Å². The Balaban J connectivity index is 1.74. The third kappa shape index (κ3) is 3.63. The number of hydrogen-bond acceptors (Lipinski definition) is 5. The highest BCUT2D eigenvalue weighted by atomic mass is 16.5. The molecule has 0 spiro atoms. The number of esters is 1. The van der Waals surface area contributed by atoms with Crippen LogP contribution in [-0.2, 0) is 14.9 Å². The van der Waals surface area contributed by atoms with Gasteiger partial charge in [0.15, 0.2) is 5.78 Å². The van der Waals surface area contributed by atoms with Crippen molar-refractivity contribution in [2.24, 2.45) is 0 Å². The molecule has 0 amide bonds. The van der Waals surface area contributed by atoms with Crippen LogP contribution in [-0.4, -0.2) is 24.1 Å². The first-order valence-electron chi connectivity index (χ1n) is 10.1. The Kier molecular flexibility index (Phi) is 5.19. The first-order chi connectivity index (χ1) is 14.8. The van der Waals surface area contributed by atoms with Gasteiger partial charge in [-0.3, -0.25) is 9.59 Å². The van der Waals surface area contributed by atoms with Crippen LogP contribution in [0.2, 0.25) is 0 Å². The molecule has 156 valence electrons. The molecule has 4 rings (SSSR count). The van der Waals surface area contributed by atoms with Gasteiger partial charge in [-0.2, -0.15) is 0 Å². The molecule has 1 heterocycles. The summed E-state index contributed by atoms with van der Waals surface area (Å²) in [6, 6.07) is 19.4. The van der Waals surface area contributed by atoms with Gasteiger partial charge >= 0.3 is 5.97 Å². The summed E-state index contributed by atoms with van der Waals surface area (Å²) < 4.78 is 10.9. The predicted octanol–water partition coefficient (Wildman–Crippen LogP) is 5.10. The van der Waals surface area contributed by atoms with E-state index < -0.39 is 17.2 Å². The number of rotatable bonds is 5. The average molecular weight is 414 g/mol. The van der Waals surface area contributed by atoms with Crippen molar-refractivity contribution in [3.8, 4) is 11.5 Å². The summed E-state index contributed by atoms with van der Waals surface area (Å²) in [6.07, 6.45) is 0. The average Bonchev–Trinajstić information content (AvgIpc) is 2.78. The number of ketones is 2. The maximum absolute atomic E-state index is 12.9. The van der Waals surface area contributed by atoms with Crippen molar-refractivity contribution in [3.63, 3.8) is 0 Å². The summed E-state index contributed by atoms with van der Waals surface area (Å²) in [6.45, 7) is 5.79. The minimum atomic E-state index is -0.881. The van der Waals surface area contributed by atoms with Gasteiger partial charge in [0.05, 0.1) is 6.61 Å². The topological polar surface area (TPSA) is 69.7 Å². The zero-order valence-corrected chi connectivity index (χ0v) is 17.6. The van der Waals surface area contributed by atoms with Crippen molar-refractivity contribution >= 4 is 17.5 Å². The molecule has 1 aliphatic heterocycles. The van der Waals surface area contributed by atoms with E-state index in [-0.39, 0.29) is 18.0 Å². The number of fused-ring (bicyclic) bond motifs is 2. The molecule has 5 nitrogen and oxygen atoms in total. The molecule has 0 N–H and O–H groups in total. The van der Waals surface area contributed by atoms with Gasteiger partial charge in [0.25, 0.3) is 5.78 Å². The second-order valence-corrected chi connectivity index (χ2v) is 7.89. The van der Waals surface area contributed by atoms with E-state index in [0.717, 1.165) is 11.1 Å². The maximum Gasteiger partial charge on any atom is 0.379 e. The lowest BCUT2D eigenvalue weighted by atomic mass is 9.74. The second kappa shape index (κ2) is 7.84. The van der Waals surface area contributed by atoms with E-state index in [0.29, 0.717) is 22.6 Å². The third-order valence-electron chi connectivity index (χ3n) is 5.55. The van der Waals surface area contributed by atoms with Crippen LogP contribution in [0.25, 0.3) is 0 Å². The van der Waals surface area contributed by atoms with Gasteiger partial charge in [-0.05, 0) is 43.3 Å². The largest absolute Gasteiger partial charge is 0.460 e. The first kappa shape index (κ1) is 20.5. The molecule has 0 saturated carbocycles. The smallest absolute Gasteiger partial charge is 0.379 e. The van der Waals surface area contributed by atoms with Crippen LogP contribution in [0.4, 0.5) is 0 Å². The molecule has 3 aromatic rings. The standard InChI is InChI=1S/C26H22O5/c1-4-30-25(29)24(28)18-11-13-22-20(15-18)26(2,3)19-14-17(10-12-21(19)31-22)23(27)16-8-6-5-7-9-16/h5-15H,4H2,1-3H3. The number of carbonyl (C=O) groups excluding carboxylic acids is 3. The Morgan fingerprint density at radius 2 is 1.39 bits per heavy atom. The number of ether oxygens (including phenoxy) is 2. The molecule has 0 saturated heterocycles. The Bertz CT molecular complexity index is 1190. The Morgan fingerprint density at radius 1 is 0.806 bits per heavy atom. The fraction of sp³-hybridized carbons (Fsp3) is 0.192. The first-order valence-corrected chi connectivity index (χ1v) is 10.1. The second-order valence-electron chi connectivity index (χ2n) is 7.89. The minimum absolute atomic E-state index is 0.0729. The van der Waals surface area contributed by atoms with E-state index in [9.17, 15) is 14.4 Å². The van der Waals surface area contributed by atoms with Gasteiger partial charge in [0.2, 0.25) is 0 Å². The van der Waals surface area contributed by atoms with E-state index in [1.807, 2.05) is 38.1 Å². The van der Waals surface area contributed by atoms with Crippen LogP contribution in [0.1, 0.15) is 58.2 Å². The summed E-state index contributed by atoms with van der Waals surface area (Å²) in [5, 5.41) is 0. The molecule has 0 unspecified atom stereocenters. The Morgan fingerprint density at radius 3 is 2.00 bits per heavy atom. The SMILES string of the molecule is CCOC(=O)C(=O)c1ccc2c(c1)C(C)(C)c1cc(C(=O)c3ccccc3)ccc1O2. The number of Topliss-reactive ketones (excluding diaryl/α,β-unsaturated/α-hetero) is 1. The van der Waals surface area contributed by atoms with Crippen molar-refractivity contribution in [3.05, 3.63) is 94.5 Å². The van der Waals surface area contributed by atoms with Crippen LogP contribution in [0.3, 0.4) is 0 Å². The third-order valence-corrected chi connectivity index (χ3v) is 5.55. The Labute approximate surface area is 180 Å². The van der Waals surface area contributed by atoms with Crippen molar-refractivity contribution < 1.29 is 23.9 Å². The minimum Gasteiger partial charge on any atom is -0.460 e. The van der Waals surface area contributed by atoms with E-state index in [1.165, 1.54) is 0 Å². The summed E-state index contributed by atoms with van der Waals surface area (Å²) in [4.78, 5) is 37.2. The summed E-state index contributed by atoms with van der Waals surface area (Å²) in [5.41, 5.74) is 2.46. The fourth-order valence-corrected chi connectivity index (χ4v) is 3.83. The van der Waals surface area contributed by atoms with Crippen LogP contribution < -0.4 is 4.74 Å². The number of carbonyl (C=O) groups is 3. The lowest BCUT2D eigenvalue weighted by molar-refractivity contribution is -0.137. The van der Waals surface area contributed by atoms with Gasteiger partial charge < -0.3 is 9.47 Å². The lowest BCUT2D eigenvalue weighted by Gasteiger charge is -2.35. The zero-order chi connectivity index (χ0) is 22.2. The van der Waals surface area contributed by atoms with Crippen LogP contribution in [0.5, 0.6) is 11.5 Å². The summed E-state index contributed by atoms with van der Waals surface area (Å²) >= 11 is 0. The highest BCUT2D eigenvalue weighted by Crippen LogP contribution is 2.48. The van der Waals surface area contributed by atoms with Crippen molar-refractivity contribution in [1.82, 2.24) is 0 Å². The molecule has 0 aliphatic carbocycles. The van der Waals surface area contributed by atoms with E-state index >= 15 is 0 Å². The van der Waals surface area contributed by atoms with Crippen molar-refractivity contribution in [1.29, 1.82) is 0 Å². The fourth-order valence-electron chi connectivity index (χ4n) is 3.83. The predicted molar refractivity (Wildman–Crippen MR) is 116 cm³/mol. The summed E-state index contributed by atoms with van der Waals surface area (Å²) in [7, 11) is 0. The summed E-state index contributed by atoms with van der Waals surface area (Å²) in [5.74, 6) is -0.379. The normalized spacial score (nSPS) is 13.4. The van der Waals surface area contributed by atoms with Gasteiger partial charge in [0.1, 0.15) is 11.5 Å². The number of benzene rings is 3. The van der Waals surface area contributed by atoms with Crippen LogP contribution in [0.15, 0.2) is 66.7 Å². The van der Waals surface area contributed by atoms with E-state index in [4.69, 9.17) is 9.47 Å². The monoisotopic (exact) mass is 414 g/mol. The van der Waals surface area contributed by atoms with Gasteiger partial charge in [-0.15, -0.1) is 0 Å². The quantitative estimate of drug-likeness (QED) is 0.330. The van der Waals surface area contributed by atoms with Crippen molar-refractivity contribution in [2.75, 3.05) is 6.61 Å². The van der Waals surface area contributed by atoms with Gasteiger partial charge in [0, 0.05) is 33.2 Å². The highest BCUT2D eigenvalue weighted by Gasteiger charge is 2.36. The highest BCUT2D eigenvalue weighted by molar-refractivity contribution is 6.40. The molecule has 3 aromatic carbocycles. The molecule has 5 heteroatoms. The molecular formula is C26H22O5. The number of hydrogen-bond donors (Lipinski definition) is 0. The molecule has 1 aliphatic rings. The van der Waals surface area contributed by atoms with E-state index in [2.05, 4.69) is 0 Å². The molecule has 0 fully saturated rings. The molecule has 31 heavy (non-hydrogen) atoms. The molecule has 0 aromatic heterocycles. The molecule has 0 bridgehead atoms. The van der Waals surface area contributed by atoms with E-state index in [1.54, 1.807) is 49.4 Å². The van der Waals surface area contributed by atoms with Gasteiger partial charge in [-0.1, -0.05) is 44.2 Å². The van der Waals surface area contributed by atoms with Crippen LogP contribution in [0, 0.1) is 0 Å². The van der Waals surface area contributed by atoms with Gasteiger partial charge in [-0.25, -0.2) is 4.79 Å².